The molecule has 0 fully saturated rings. The second kappa shape index (κ2) is 8.38. The summed E-state index contributed by atoms with van der Waals surface area (Å²) in [7, 11) is 0. The Morgan fingerprint density at radius 1 is 1.00 bits per heavy atom. The summed E-state index contributed by atoms with van der Waals surface area (Å²) in [5.74, 6) is 1.10. The molecule has 1 aromatic heterocycles. The Bertz CT molecular complexity index is 1190. The number of carbonyl (C=O) groups excluding carboxylic acids is 1. The number of H-pyrrole nitrogens is 1. The van der Waals surface area contributed by atoms with Crippen molar-refractivity contribution >= 4 is 45.8 Å². The van der Waals surface area contributed by atoms with Crippen LogP contribution in [-0.2, 0) is 4.79 Å². The minimum atomic E-state index is -0.246. The van der Waals surface area contributed by atoms with Gasteiger partial charge in [-0.1, -0.05) is 23.2 Å². The number of nitrogens with one attached hydrogen (secondary N) is 2. The number of aromatic amines is 1. The van der Waals surface area contributed by atoms with E-state index in [1.807, 2.05) is 50.2 Å². The third-order valence-corrected chi connectivity index (χ3v) is 5.53. The number of amides is 1. The normalized spacial score (nSPS) is 10.9. The molecule has 0 aliphatic rings. The molecule has 2 N–H and O–H groups in total. The van der Waals surface area contributed by atoms with E-state index in [-0.39, 0.29) is 12.5 Å². The zero-order chi connectivity index (χ0) is 21.3. The topological polar surface area (TPSA) is 67.0 Å². The molecule has 0 aliphatic carbocycles. The SMILES string of the molecule is Cc1cc(OCC(=O)Nc2ccc(-c3nc4cc(Cl)c(C)cc4[nH]3)cc2)ccc1Cl. The van der Waals surface area contributed by atoms with Gasteiger partial charge >= 0.3 is 0 Å². The summed E-state index contributed by atoms with van der Waals surface area (Å²) < 4.78 is 5.53. The Morgan fingerprint density at radius 3 is 2.47 bits per heavy atom. The van der Waals surface area contributed by atoms with Gasteiger partial charge in [0, 0.05) is 21.3 Å². The maximum atomic E-state index is 12.2. The quantitative estimate of drug-likeness (QED) is 0.390. The number of aryl methyl sites for hydroxylation is 2. The van der Waals surface area contributed by atoms with Crippen LogP contribution in [0.3, 0.4) is 0 Å². The van der Waals surface area contributed by atoms with Gasteiger partial charge in [-0.15, -0.1) is 0 Å². The number of imidazole rings is 1. The van der Waals surface area contributed by atoms with Gasteiger partial charge in [0.25, 0.3) is 5.91 Å². The molecular formula is C23H19Cl2N3O2. The Balaban J connectivity index is 1.40. The van der Waals surface area contributed by atoms with E-state index in [1.54, 1.807) is 18.2 Å². The predicted molar refractivity (Wildman–Crippen MR) is 122 cm³/mol. The van der Waals surface area contributed by atoms with Crippen molar-refractivity contribution < 1.29 is 9.53 Å². The monoisotopic (exact) mass is 439 g/mol. The number of ether oxygens (including phenoxy) is 1. The molecule has 4 aromatic rings. The summed E-state index contributed by atoms with van der Waals surface area (Å²) in [6, 6.07) is 16.5. The maximum Gasteiger partial charge on any atom is 0.262 e. The minimum absolute atomic E-state index is 0.0908. The molecule has 1 heterocycles. The number of rotatable bonds is 5. The Labute approximate surface area is 184 Å². The zero-order valence-electron chi connectivity index (χ0n) is 16.4. The van der Waals surface area contributed by atoms with Crippen LogP contribution in [0.2, 0.25) is 10.0 Å². The van der Waals surface area contributed by atoms with Crippen molar-refractivity contribution in [3.63, 3.8) is 0 Å². The molecule has 152 valence electrons. The lowest BCUT2D eigenvalue weighted by molar-refractivity contribution is -0.118. The number of benzene rings is 3. The average molecular weight is 440 g/mol. The average Bonchev–Trinajstić information content (AvgIpc) is 3.12. The molecule has 0 saturated heterocycles. The van der Waals surface area contributed by atoms with Crippen LogP contribution in [0.1, 0.15) is 11.1 Å². The lowest BCUT2D eigenvalue weighted by Crippen LogP contribution is -2.20. The van der Waals surface area contributed by atoms with E-state index in [4.69, 9.17) is 27.9 Å². The highest BCUT2D eigenvalue weighted by Crippen LogP contribution is 2.26. The number of hydrogen-bond acceptors (Lipinski definition) is 3. The number of aromatic nitrogens is 2. The molecule has 30 heavy (non-hydrogen) atoms. The van der Waals surface area contributed by atoms with Crippen LogP contribution in [0.15, 0.2) is 54.6 Å². The van der Waals surface area contributed by atoms with E-state index >= 15 is 0 Å². The fourth-order valence-electron chi connectivity index (χ4n) is 3.04. The zero-order valence-corrected chi connectivity index (χ0v) is 17.9. The molecule has 3 aromatic carbocycles. The van der Waals surface area contributed by atoms with Crippen molar-refractivity contribution in [3.05, 3.63) is 75.8 Å². The van der Waals surface area contributed by atoms with Crippen molar-refractivity contribution in [1.29, 1.82) is 0 Å². The van der Waals surface area contributed by atoms with Gasteiger partial charge in [-0.05, 0) is 79.6 Å². The first kappa shape index (κ1) is 20.3. The molecule has 5 nitrogen and oxygen atoms in total. The lowest BCUT2D eigenvalue weighted by Gasteiger charge is -2.09. The van der Waals surface area contributed by atoms with Crippen molar-refractivity contribution in [2.24, 2.45) is 0 Å². The van der Waals surface area contributed by atoms with Gasteiger partial charge in [-0.3, -0.25) is 4.79 Å². The summed E-state index contributed by atoms with van der Waals surface area (Å²) in [4.78, 5) is 20.1. The number of nitrogens with zero attached hydrogens (tertiary/aromatic N) is 1. The summed E-state index contributed by atoms with van der Waals surface area (Å²) in [5, 5.41) is 4.17. The standard InChI is InChI=1S/C23H19Cl2N3O2/c1-13-9-17(7-8-18(13)24)30-12-22(29)26-16-5-3-15(4-6-16)23-27-20-10-14(2)19(25)11-21(20)28-23/h3-11H,12H2,1-2H3,(H,26,29)(H,27,28). The smallest absolute Gasteiger partial charge is 0.262 e. The van der Waals surface area contributed by atoms with Gasteiger partial charge in [0.05, 0.1) is 11.0 Å². The highest BCUT2D eigenvalue weighted by atomic mass is 35.5. The van der Waals surface area contributed by atoms with Crippen molar-refractivity contribution in [2.75, 3.05) is 11.9 Å². The predicted octanol–water partition coefficient (Wildman–Crippen LogP) is 6.17. The molecule has 0 unspecified atom stereocenters. The maximum absolute atomic E-state index is 12.2. The van der Waals surface area contributed by atoms with Crippen molar-refractivity contribution in [1.82, 2.24) is 9.97 Å². The van der Waals surface area contributed by atoms with Gasteiger partial charge in [0.1, 0.15) is 11.6 Å². The lowest BCUT2D eigenvalue weighted by atomic mass is 10.2. The number of fused-ring (bicyclic) bond motifs is 1. The summed E-state index contributed by atoms with van der Waals surface area (Å²) >= 11 is 12.2. The van der Waals surface area contributed by atoms with Crippen LogP contribution < -0.4 is 10.1 Å². The third-order valence-electron chi connectivity index (χ3n) is 4.70. The first-order chi connectivity index (χ1) is 14.4. The Hall–Kier alpha value is -3.02. The molecule has 1 amide bonds. The van der Waals surface area contributed by atoms with Crippen LogP contribution in [0, 0.1) is 13.8 Å². The second-order valence-corrected chi connectivity index (χ2v) is 7.84. The number of hydrogen-bond donors (Lipinski definition) is 2. The molecule has 0 saturated carbocycles. The number of carbonyl (C=O) groups is 1. The van der Waals surface area contributed by atoms with E-state index in [9.17, 15) is 4.79 Å². The summed E-state index contributed by atoms with van der Waals surface area (Å²) in [6.45, 7) is 3.75. The van der Waals surface area contributed by atoms with Crippen molar-refractivity contribution in [2.45, 2.75) is 13.8 Å². The van der Waals surface area contributed by atoms with Gasteiger partial charge in [-0.25, -0.2) is 4.98 Å². The Morgan fingerprint density at radius 2 is 1.73 bits per heavy atom. The highest BCUT2D eigenvalue weighted by Gasteiger charge is 2.09. The molecule has 4 rings (SSSR count). The van der Waals surface area contributed by atoms with E-state index in [2.05, 4.69) is 15.3 Å². The van der Waals surface area contributed by atoms with Gasteiger partial charge in [0.15, 0.2) is 6.61 Å². The molecule has 0 bridgehead atoms. The summed E-state index contributed by atoms with van der Waals surface area (Å²) in [5.41, 5.74) is 5.22. The van der Waals surface area contributed by atoms with Crippen LogP contribution in [0.5, 0.6) is 5.75 Å². The molecule has 0 atom stereocenters. The van der Waals surface area contributed by atoms with Crippen LogP contribution >= 0.6 is 23.2 Å². The fourth-order valence-corrected chi connectivity index (χ4v) is 3.32. The number of anilines is 1. The van der Waals surface area contributed by atoms with Crippen LogP contribution in [0.4, 0.5) is 5.69 Å². The van der Waals surface area contributed by atoms with Gasteiger partial charge in [0.2, 0.25) is 0 Å². The number of halogens is 2. The molecular weight excluding hydrogens is 421 g/mol. The second-order valence-electron chi connectivity index (χ2n) is 7.03. The molecule has 0 aliphatic heterocycles. The van der Waals surface area contributed by atoms with Crippen LogP contribution in [0.25, 0.3) is 22.4 Å². The van der Waals surface area contributed by atoms with Gasteiger partial charge < -0.3 is 15.0 Å². The summed E-state index contributed by atoms with van der Waals surface area (Å²) in [6.07, 6.45) is 0. The van der Waals surface area contributed by atoms with Gasteiger partial charge in [-0.2, -0.15) is 0 Å². The molecule has 0 radical (unpaired) electrons. The minimum Gasteiger partial charge on any atom is -0.484 e. The van der Waals surface area contributed by atoms with E-state index in [0.29, 0.717) is 21.5 Å². The Kier molecular flexibility index (Phi) is 5.66. The van der Waals surface area contributed by atoms with E-state index < -0.39 is 0 Å². The van der Waals surface area contributed by atoms with Crippen LogP contribution in [-0.4, -0.2) is 22.5 Å². The first-order valence-corrected chi connectivity index (χ1v) is 10.1. The van der Waals surface area contributed by atoms with Crippen molar-refractivity contribution in [3.8, 4) is 17.1 Å². The highest BCUT2D eigenvalue weighted by molar-refractivity contribution is 6.32. The van der Waals surface area contributed by atoms with E-state index in [0.717, 1.165) is 33.5 Å². The fraction of sp³-hybridized carbons (Fsp3) is 0.130. The first-order valence-electron chi connectivity index (χ1n) is 9.34. The molecule has 7 heteroatoms. The van der Waals surface area contributed by atoms with E-state index in [1.165, 1.54) is 0 Å². The molecule has 0 spiro atoms. The largest absolute Gasteiger partial charge is 0.484 e. The third kappa shape index (κ3) is 4.42.